The Morgan fingerprint density at radius 3 is 2.44 bits per heavy atom. The van der Waals surface area contributed by atoms with Crippen molar-refractivity contribution in [1.82, 2.24) is 9.99 Å². The zero-order valence-corrected chi connectivity index (χ0v) is 15.6. The Morgan fingerprint density at radius 2 is 1.76 bits per heavy atom. The summed E-state index contributed by atoms with van der Waals surface area (Å²) in [6, 6.07) is 19.2. The molecule has 25 heavy (non-hydrogen) atoms. The van der Waals surface area contributed by atoms with Gasteiger partial charge in [-0.3, -0.25) is 4.79 Å². The van der Waals surface area contributed by atoms with Gasteiger partial charge < -0.3 is 4.57 Å². The van der Waals surface area contributed by atoms with Gasteiger partial charge in [-0.05, 0) is 56.3 Å². The smallest absolute Gasteiger partial charge is 0.271 e. The van der Waals surface area contributed by atoms with Crippen molar-refractivity contribution in [3.8, 4) is 5.69 Å². The van der Waals surface area contributed by atoms with Gasteiger partial charge in [-0.25, -0.2) is 5.43 Å². The van der Waals surface area contributed by atoms with Crippen LogP contribution in [0.4, 0.5) is 0 Å². The van der Waals surface area contributed by atoms with Gasteiger partial charge in [0.15, 0.2) is 0 Å². The second kappa shape index (κ2) is 7.49. The molecule has 0 aliphatic heterocycles. The second-order valence-electron chi connectivity index (χ2n) is 5.70. The molecule has 3 rings (SSSR count). The Morgan fingerprint density at radius 1 is 1.08 bits per heavy atom. The van der Waals surface area contributed by atoms with Gasteiger partial charge in [-0.15, -0.1) is 0 Å². The molecule has 2 aromatic carbocycles. The quantitative estimate of drug-likeness (QED) is 0.508. The summed E-state index contributed by atoms with van der Waals surface area (Å²) in [6.07, 6.45) is 1.68. The Balaban J connectivity index is 1.79. The number of nitrogens with zero attached hydrogens (tertiary/aromatic N) is 2. The minimum Gasteiger partial charge on any atom is -0.318 e. The van der Waals surface area contributed by atoms with Gasteiger partial charge in [0, 0.05) is 32.7 Å². The zero-order chi connectivity index (χ0) is 17.8. The molecule has 4 nitrogen and oxygen atoms in total. The van der Waals surface area contributed by atoms with Crippen LogP contribution in [-0.2, 0) is 0 Å². The van der Waals surface area contributed by atoms with Crippen molar-refractivity contribution in [2.24, 2.45) is 5.10 Å². The van der Waals surface area contributed by atoms with Crippen molar-refractivity contribution >= 4 is 28.1 Å². The Kier molecular flexibility index (Phi) is 5.14. The summed E-state index contributed by atoms with van der Waals surface area (Å²) in [6.45, 7) is 4.09. The first-order valence-corrected chi connectivity index (χ1v) is 8.69. The molecule has 0 radical (unpaired) electrons. The molecule has 1 aromatic heterocycles. The van der Waals surface area contributed by atoms with Crippen molar-refractivity contribution in [2.45, 2.75) is 13.8 Å². The molecule has 0 atom stereocenters. The van der Waals surface area contributed by atoms with Crippen LogP contribution in [0, 0.1) is 13.8 Å². The van der Waals surface area contributed by atoms with Crippen LogP contribution in [0.5, 0.6) is 0 Å². The molecule has 3 aromatic rings. The summed E-state index contributed by atoms with van der Waals surface area (Å²) in [5.74, 6) is -0.224. The lowest BCUT2D eigenvalue weighted by Crippen LogP contribution is -2.17. The van der Waals surface area contributed by atoms with E-state index in [1.54, 1.807) is 18.3 Å². The van der Waals surface area contributed by atoms with Crippen LogP contribution in [0.1, 0.15) is 27.3 Å². The molecule has 1 heterocycles. The first-order valence-electron chi connectivity index (χ1n) is 7.89. The summed E-state index contributed by atoms with van der Waals surface area (Å²) in [4.78, 5) is 12.0. The van der Waals surface area contributed by atoms with Crippen molar-refractivity contribution in [3.63, 3.8) is 0 Å². The fourth-order valence-corrected chi connectivity index (χ4v) is 2.98. The van der Waals surface area contributed by atoms with Crippen LogP contribution >= 0.6 is 15.9 Å². The molecular weight excluding hydrogens is 378 g/mol. The molecule has 0 bridgehead atoms. The molecule has 0 fully saturated rings. The van der Waals surface area contributed by atoms with Gasteiger partial charge in [-0.2, -0.15) is 5.10 Å². The molecule has 0 aliphatic carbocycles. The third-order valence-electron chi connectivity index (χ3n) is 3.96. The van der Waals surface area contributed by atoms with Crippen LogP contribution in [0.3, 0.4) is 0 Å². The minimum absolute atomic E-state index is 0.224. The molecule has 0 spiro atoms. The van der Waals surface area contributed by atoms with E-state index in [-0.39, 0.29) is 5.91 Å². The number of benzene rings is 2. The van der Waals surface area contributed by atoms with E-state index in [1.807, 2.05) is 37.3 Å². The number of hydrogen-bond acceptors (Lipinski definition) is 2. The zero-order valence-electron chi connectivity index (χ0n) is 14.0. The fourth-order valence-electron chi connectivity index (χ4n) is 2.72. The van der Waals surface area contributed by atoms with Crippen LogP contribution in [0.2, 0.25) is 0 Å². The minimum atomic E-state index is -0.224. The lowest BCUT2D eigenvalue weighted by molar-refractivity contribution is 0.0955. The van der Waals surface area contributed by atoms with Crippen LogP contribution in [0.25, 0.3) is 5.69 Å². The average Bonchev–Trinajstić information content (AvgIpc) is 2.90. The number of aryl methyl sites for hydroxylation is 1. The van der Waals surface area contributed by atoms with E-state index in [0.29, 0.717) is 5.56 Å². The monoisotopic (exact) mass is 395 g/mol. The predicted molar refractivity (Wildman–Crippen MR) is 104 cm³/mol. The van der Waals surface area contributed by atoms with E-state index in [4.69, 9.17) is 0 Å². The second-order valence-corrected chi connectivity index (χ2v) is 6.62. The van der Waals surface area contributed by atoms with Crippen LogP contribution < -0.4 is 5.43 Å². The molecule has 0 unspecified atom stereocenters. The largest absolute Gasteiger partial charge is 0.318 e. The average molecular weight is 396 g/mol. The SMILES string of the molecule is Cc1cc(/C=N\NC(=O)c2ccccc2)c(C)n1-c1ccc(Br)cc1. The molecule has 5 heteroatoms. The van der Waals surface area contributed by atoms with Crippen molar-refractivity contribution in [2.75, 3.05) is 0 Å². The van der Waals surface area contributed by atoms with Gasteiger partial charge in [0.2, 0.25) is 0 Å². The number of nitrogens with one attached hydrogen (secondary N) is 1. The first-order chi connectivity index (χ1) is 12.1. The molecule has 1 N–H and O–H groups in total. The number of hydrazone groups is 1. The highest BCUT2D eigenvalue weighted by molar-refractivity contribution is 9.10. The Labute approximate surface area is 155 Å². The Bertz CT molecular complexity index is 912. The van der Waals surface area contributed by atoms with Crippen LogP contribution in [0.15, 0.2) is 70.2 Å². The van der Waals surface area contributed by atoms with Crippen molar-refractivity contribution in [3.05, 3.63) is 87.7 Å². The molecule has 0 saturated heterocycles. The molecule has 1 amide bonds. The molecule has 0 aliphatic rings. The standard InChI is InChI=1S/C20H18BrN3O/c1-14-12-17(13-22-23-20(25)16-6-4-3-5-7-16)15(2)24(14)19-10-8-18(21)9-11-19/h3-13H,1-2H3,(H,23,25)/b22-13-. The van der Waals surface area contributed by atoms with E-state index in [1.165, 1.54) is 0 Å². The van der Waals surface area contributed by atoms with Crippen molar-refractivity contribution < 1.29 is 4.79 Å². The maximum absolute atomic E-state index is 12.0. The summed E-state index contributed by atoms with van der Waals surface area (Å²) in [5.41, 5.74) is 7.38. The summed E-state index contributed by atoms with van der Waals surface area (Å²) < 4.78 is 3.21. The number of carbonyl (C=O) groups is 1. The Hall–Kier alpha value is -2.66. The number of aromatic nitrogens is 1. The maximum Gasteiger partial charge on any atom is 0.271 e. The fraction of sp³-hybridized carbons (Fsp3) is 0.100. The first kappa shape index (κ1) is 17.2. The third-order valence-corrected chi connectivity index (χ3v) is 4.49. The predicted octanol–water partition coefficient (Wildman–Crippen LogP) is 4.62. The number of hydrogen-bond donors (Lipinski definition) is 1. The maximum atomic E-state index is 12.0. The third kappa shape index (κ3) is 3.88. The van der Waals surface area contributed by atoms with Crippen LogP contribution in [-0.4, -0.2) is 16.7 Å². The highest BCUT2D eigenvalue weighted by Gasteiger charge is 2.09. The molecular formula is C20H18BrN3O. The summed E-state index contributed by atoms with van der Waals surface area (Å²) in [5, 5.41) is 4.10. The lowest BCUT2D eigenvalue weighted by atomic mass is 10.2. The van der Waals surface area contributed by atoms with Gasteiger partial charge in [0.1, 0.15) is 0 Å². The van der Waals surface area contributed by atoms with E-state index in [0.717, 1.165) is 27.1 Å². The highest BCUT2D eigenvalue weighted by Crippen LogP contribution is 2.21. The number of halogens is 1. The van der Waals surface area contributed by atoms with Gasteiger partial charge in [0.25, 0.3) is 5.91 Å². The molecule has 126 valence electrons. The lowest BCUT2D eigenvalue weighted by Gasteiger charge is -2.09. The number of rotatable bonds is 4. The van der Waals surface area contributed by atoms with Gasteiger partial charge >= 0.3 is 0 Å². The topological polar surface area (TPSA) is 46.4 Å². The number of carbonyl (C=O) groups excluding carboxylic acids is 1. The van der Waals surface area contributed by atoms with Crippen molar-refractivity contribution in [1.29, 1.82) is 0 Å². The summed E-state index contributed by atoms with van der Waals surface area (Å²) in [7, 11) is 0. The van der Waals surface area contributed by atoms with E-state index in [2.05, 4.69) is 56.1 Å². The molecule has 0 saturated carbocycles. The van der Waals surface area contributed by atoms with Gasteiger partial charge in [-0.1, -0.05) is 34.1 Å². The highest BCUT2D eigenvalue weighted by atomic mass is 79.9. The summed E-state index contributed by atoms with van der Waals surface area (Å²) >= 11 is 3.46. The normalized spacial score (nSPS) is 11.0. The van der Waals surface area contributed by atoms with E-state index in [9.17, 15) is 4.79 Å². The number of amides is 1. The van der Waals surface area contributed by atoms with Gasteiger partial charge in [0.05, 0.1) is 6.21 Å². The van der Waals surface area contributed by atoms with E-state index < -0.39 is 0 Å². The van der Waals surface area contributed by atoms with E-state index >= 15 is 0 Å².